The van der Waals surface area contributed by atoms with Gasteiger partial charge in [-0.2, -0.15) is 0 Å². The van der Waals surface area contributed by atoms with Gasteiger partial charge in [0.25, 0.3) is 11.7 Å². The number of carbonyl (C=O) groups is 2. The number of nitrogens with zero attached hydrogens (tertiary/aromatic N) is 3. The van der Waals surface area contributed by atoms with Crippen molar-refractivity contribution in [3.05, 3.63) is 101 Å². The van der Waals surface area contributed by atoms with Gasteiger partial charge >= 0.3 is 0 Å². The van der Waals surface area contributed by atoms with Crippen LogP contribution < -0.4 is 4.90 Å². The van der Waals surface area contributed by atoms with Crippen LogP contribution in [-0.4, -0.2) is 40.8 Å². The molecule has 0 saturated carbocycles. The summed E-state index contributed by atoms with van der Waals surface area (Å²) in [5, 5.41) is 11.1. The van der Waals surface area contributed by atoms with Gasteiger partial charge < -0.3 is 14.9 Å². The van der Waals surface area contributed by atoms with E-state index in [2.05, 4.69) is 4.98 Å². The molecule has 1 aliphatic heterocycles. The van der Waals surface area contributed by atoms with Crippen LogP contribution >= 0.6 is 0 Å². The monoisotopic (exact) mass is 427 g/mol. The van der Waals surface area contributed by atoms with Crippen molar-refractivity contribution in [1.29, 1.82) is 0 Å². The van der Waals surface area contributed by atoms with Crippen molar-refractivity contribution in [3.63, 3.8) is 0 Å². The van der Waals surface area contributed by atoms with Gasteiger partial charge in [-0.15, -0.1) is 0 Å². The summed E-state index contributed by atoms with van der Waals surface area (Å²) in [5.41, 5.74) is 4.20. The SMILES string of the molecule is Cc1ccc(C(O)=C2C(=O)C(=O)N(Cc3cccnc3)[C@@H]2c2ccc(N(C)C)cc2)cc1. The number of rotatable bonds is 5. The van der Waals surface area contributed by atoms with Gasteiger partial charge in [0.1, 0.15) is 5.76 Å². The Bertz CT molecular complexity index is 1170. The summed E-state index contributed by atoms with van der Waals surface area (Å²) in [6, 6.07) is 17.8. The van der Waals surface area contributed by atoms with Crippen molar-refractivity contribution in [3.8, 4) is 0 Å². The van der Waals surface area contributed by atoms with Crippen LogP contribution in [-0.2, 0) is 16.1 Å². The van der Waals surface area contributed by atoms with E-state index in [0.29, 0.717) is 5.56 Å². The molecule has 1 atom stereocenters. The molecule has 2 aromatic carbocycles. The van der Waals surface area contributed by atoms with E-state index in [-0.39, 0.29) is 17.9 Å². The molecule has 3 aromatic rings. The smallest absolute Gasteiger partial charge is 0.295 e. The Balaban J connectivity index is 1.84. The zero-order valence-corrected chi connectivity index (χ0v) is 18.3. The molecule has 162 valence electrons. The summed E-state index contributed by atoms with van der Waals surface area (Å²) < 4.78 is 0. The van der Waals surface area contributed by atoms with Crippen LogP contribution in [0.5, 0.6) is 0 Å². The lowest BCUT2D eigenvalue weighted by Crippen LogP contribution is -2.29. The third-order valence-electron chi connectivity index (χ3n) is 5.67. The molecule has 1 aliphatic rings. The molecule has 6 heteroatoms. The summed E-state index contributed by atoms with van der Waals surface area (Å²) in [7, 11) is 3.89. The number of aromatic nitrogens is 1. The predicted molar refractivity (Wildman–Crippen MR) is 124 cm³/mol. The highest BCUT2D eigenvalue weighted by Gasteiger charge is 2.46. The number of hydrogen-bond donors (Lipinski definition) is 1. The standard InChI is InChI=1S/C26H25N3O3/c1-17-6-8-20(9-7-17)24(30)22-23(19-10-12-21(13-11-19)28(2)3)29(26(32)25(22)31)16-18-5-4-14-27-15-18/h4-15,23,30H,16H2,1-3H3/t23-/m1/s1. The highest BCUT2D eigenvalue weighted by molar-refractivity contribution is 6.46. The number of pyridine rings is 1. The molecular weight excluding hydrogens is 402 g/mol. The van der Waals surface area contributed by atoms with E-state index in [4.69, 9.17) is 0 Å². The van der Waals surface area contributed by atoms with Crippen molar-refractivity contribution in [1.82, 2.24) is 9.88 Å². The summed E-state index contributed by atoms with van der Waals surface area (Å²) >= 11 is 0. The first-order valence-corrected chi connectivity index (χ1v) is 10.4. The first-order valence-electron chi connectivity index (χ1n) is 10.4. The molecule has 1 fully saturated rings. The maximum atomic E-state index is 13.1. The third kappa shape index (κ3) is 3.99. The minimum Gasteiger partial charge on any atom is -0.507 e. The van der Waals surface area contributed by atoms with Crippen LogP contribution in [0.25, 0.3) is 5.76 Å². The first-order chi connectivity index (χ1) is 15.4. The Labute approximate surface area is 187 Å². The fourth-order valence-corrected chi connectivity index (χ4v) is 3.90. The molecule has 0 spiro atoms. The van der Waals surface area contributed by atoms with Gasteiger partial charge in [-0.05, 0) is 36.2 Å². The lowest BCUT2D eigenvalue weighted by Gasteiger charge is -2.26. The van der Waals surface area contributed by atoms with Gasteiger partial charge in [-0.3, -0.25) is 14.6 Å². The summed E-state index contributed by atoms with van der Waals surface area (Å²) in [6.07, 6.45) is 3.33. The molecule has 1 N–H and O–H groups in total. The van der Waals surface area contributed by atoms with Gasteiger partial charge in [0.15, 0.2) is 0 Å². The van der Waals surface area contributed by atoms with Gasteiger partial charge in [-0.1, -0.05) is 48.0 Å². The van der Waals surface area contributed by atoms with Gasteiger partial charge in [0.05, 0.1) is 11.6 Å². The maximum Gasteiger partial charge on any atom is 0.295 e. The van der Waals surface area contributed by atoms with Crippen molar-refractivity contribution in [2.75, 3.05) is 19.0 Å². The largest absolute Gasteiger partial charge is 0.507 e. The molecule has 0 aliphatic carbocycles. The normalized spacial score (nSPS) is 17.6. The number of ketones is 1. The number of anilines is 1. The molecule has 2 heterocycles. The molecule has 0 bridgehead atoms. The fraction of sp³-hybridized carbons (Fsp3) is 0.192. The molecular formula is C26H25N3O3. The number of likely N-dealkylation sites (tertiary alicyclic amines) is 1. The molecule has 0 radical (unpaired) electrons. The minimum atomic E-state index is -0.701. The number of carbonyl (C=O) groups excluding carboxylic acids is 2. The van der Waals surface area contributed by atoms with Gasteiger partial charge in [0, 0.05) is 44.3 Å². The van der Waals surface area contributed by atoms with Crippen LogP contribution in [0.2, 0.25) is 0 Å². The number of amides is 1. The number of benzene rings is 2. The van der Waals surface area contributed by atoms with Crippen LogP contribution in [0, 0.1) is 6.92 Å². The van der Waals surface area contributed by atoms with E-state index in [1.165, 1.54) is 4.90 Å². The van der Waals surface area contributed by atoms with E-state index in [1.54, 1.807) is 30.6 Å². The maximum absolute atomic E-state index is 13.1. The predicted octanol–water partition coefficient (Wildman–Crippen LogP) is 4.08. The van der Waals surface area contributed by atoms with Crippen LogP contribution in [0.1, 0.15) is 28.3 Å². The number of aliphatic hydroxyl groups excluding tert-OH is 1. The van der Waals surface area contributed by atoms with Crippen molar-refractivity contribution >= 4 is 23.1 Å². The Kier molecular flexibility index (Phi) is 5.77. The van der Waals surface area contributed by atoms with Crippen LogP contribution in [0.4, 0.5) is 5.69 Å². The van der Waals surface area contributed by atoms with Crippen molar-refractivity contribution in [2.45, 2.75) is 19.5 Å². The Hall–Kier alpha value is -3.93. The van der Waals surface area contributed by atoms with E-state index >= 15 is 0 Å². The topological polar surface area (TPSA) is 73.7 Å². The van der Waals surface area contributed by atoms with E-state index < -0.39 is 17.7 Å². The summed E-state index contributed by atoms with van der Waals surface area (Å²) in [5.74, 6) is -1.49. The highest BCUT2D eigenvalue weighted by Crippen LogP contribution is 2.40. The fourth-order valence-electron chi connectivity index (χ4n) is 3.90. The Morgan fingerprint density at radius 2 is 1.72 bits per heavy atom. The Morgan fingerprint density at radius 1 is 1.03 bits per heavy atom. The van der Waals surface area contributed by atoms with E-state index in [1.807, 2.05) is 68.4 Å². The number of aliphatic hydroxyl groups is 1. The molecule has 0 unspecified atom stereocenters. The zero-order valence-electron chi connectivity index (χ0n) is 18.3. The van der Waals surface area contributed by atoms with Crippen LogP contribution in [0.15, 0.2) is 78.6 Å². The average molecular weight is 428 g/mol. The van der Waals surface area contributed by atoms with Crippen molar-refractivity contribution < 1.29 is 14.7 Å². The van der Waals surface area contributed by atoms with Crippen LogP contribution in [0.3, 0.4) is 0 Å². The molecule has 4 rings (SSSR count). The van der Waals surface area contributed by atoms with Gasteiger partial charge in [-0.25, -0.2) is 0 Å². The molecule has 1 amide bonds. The molecule has 1 aromatic heterocycles. The van der Waals surface area contributed by atoms with Crippen molar-refractivity contribution in [2.24, 2.45) is 0 Å². The van der Waals surface area contributed by atoms with E-state index in [9.17, 15) is 14.7 Å². The number of Topliss-reactive ketones (excluding diaryl/α,β-unsaturated/α-hetero) is 1. The van der Waals surface area contributed by atoms with Gasteiger partial charge in [0.2, 0.25) is 0 Å². The second kappa shape index (κ2) is 8.67. The second-order valence-corrected chi connectivity index (χ2v) is 8.14. The zero-order chi connectivity index (χ0) is 22.8. The molecule has 1 saturated heterocycles. The third-order valence-corrected chi connectivity index (χ3v) is 5.67. The number of hydrogen-bond acceptors (Lipinski definition) is 5. The lowest BCUT2D eigenvalue weighted by atomic mass is 9.94. The second-order valence-electron chi connectivity index (χ2n) is 8.14. The minimum absolute atomic E-state index is 0.0975. The molecule has 32 heavy (non-hydrogen) atoms. The Morgan fingerprint density at radius 3 is 2.31 bits per heavy atom. The lowest BCUT2D eigenvalue weighted by molar-refractivity contribution is -0.140. The number of aryl methyl sites for hydroxylation is 1. The average Bonchev–Trinajstić information content (AvgIpc) is 3.05. The quantitative estimate of drug-likeness (QED) is 0.377. The summed E-state index contributed by atoms with van der Waals surface area (Å²) in [4.78, 5) is 33.8. The molecule has 6 nitrogen and oxygen atoms in total. The first kappa shape index (κ1) is 21.3. The highest BCUT2D eigenvalue weighted by atomic mass is 16.3. The summed E-state index contributed by atoms with van der Waals surface area (Å²) in [6.45, 7) is 2.16. The van der Waals surface area contributed by atoms with E-state index in [0.717, 1.165) is 22.4 Å².